The van der Waals surface area contributed by atoms with Gasteiger partial charge in [0.25, 0.3) is 0 Å². The van der Waals surface area contributed by atoms with Crippen LogP contribution in [0.5, 0.6) is 0 Å². The van der Waals surface area contributed by atoms with E-state index in [0.29, 0.717) is 47.1 Å². The number of piperazine rings is 1. The minimum Gasteiger partial charge on any atom is -0.352 e. The van der Waals surface area contributed by atoms with E-state index in [2.05, 4.69) is 21.4 Å². The van der Waals surface area contributed by atoms with Crippen molar-refractivity contribution in [3.63, 3.8) is 0 Å². The Labute approximate surface area is 184 Å². The largest absolute Gasteiger partial charge is 0.352 e. The molecule has 1 aliphatic rings. The standard InChI is InChI=1S/C23H19ClFN5O/c1-3-22(31)30-9-8-29(13-15(30)12-26-2)23-18-10-19(24)17(11-21(18)27-14-28-23)16-6-4-5-7-20(16)25/h3-7,10-11,14-15H,1,8-9,12-13H2. The molecule has 0 radical (unpaired) electrons. The molecule has 8 heteroatoms. The molecule has 2 heterocycles. The maximum atomic E-state index is 14.3. The van der Waals surface area contributed by atoms with Gasteiger partial charge in [-0.15, -0.1) is 0 Å². The number of rotatable bonds is 4. The number of halogens is 2. The molecule has 2 aromatic carbocycles. The third-order valence-corrected chi connectivity index (χ3v) is 5.72. The number of nitrogens with zero attached hydrogens (tertiary/aromatic N) is 5. The average molecular weight is 436 g/mol. The molecule has 0 aliphatic carbocycles. The summed E-state index contributed by atoms with van der Waals surface area (Å²) in [6.45, 7) is 12.5. The number of anilines is 1. The Morgan fingerprint density at radius 1 is 1.29 bits per heavy atom. The lowest BCUT2D eigenvalue weighted by Crippen LogP contribution is -2.56. The molecule has 1 atom stereocenters. The maximum Gasteiger partial charge on any atom is 0.246 e. The summed E-state index contributed by atoms with van der Waals surface area (Å²) in [6, 6.07) is 9.69. The summed E-state index contributed by atoms with van der Waals surface area (Å²) in [4.78, 5) is 28.2. The normalized spacial score (nSPS) is 16.2. The van der Waals surface area contributed by atoms with Crippen LogP contribution in [0.1, 0.15) is 0 Å². The van der Waals surface area contributed by atoms with Crippen molar-refractivity contribution < 1.29 is 9.18 Å². The van der Waals surface area contributed by atoms with Crippen LogP contribution in [-0.2, 0) is 4.79 Å². The van der Waals surface area contributed by atoms with E-state index in [1.165, 1.54) is 18.5 Å². The van der Waals surface area contributed by atoms with E-state index in [4.69, 9.17) is 18.2 Å². The highest BCUT2D eigenvalue weighted by atomic mass is 35.5. The summed E-state index contributed by atoms with van der Waals surface area (Å²) < 4.78 is 14.3. The summed E-state index contributed by atoms with van der Waals surface area (Å²) >= 11 is 6.54. The van der Waals surface area contributed by atoms with Gasteiger partial charge < -0.3 is 14.6 Å². The summed E-state index contributed by atoms with van der Waals surface area (Å²) in [5, 5.41) is 1.13. The first-order valence-corrected chi connectivity index (χ1v) is 10.1. The Morgan fingerprint density at radius 3 is 2.84 bits per heavy atom. The van der Waals surface area contributed by atoms with Crippen LogP contribution in [0.4, 0.5) is 10.2 Å². The highest BCUT2D eigenvalue weighted by Gasteiger charge is 2.32. The third-order valence-electron chi connectivity index (χ3n) is 5.41. The molecule has 1 saturated heterocycles. The number of benzene rings is 2. The second-order valence-electron chi connectivity index (χ2n) is 7.20. The van der Waals surface area contributed by atoms with E-state index in [1.54, 1.807) is 35.2 Å². The molecule has 0 spiro atoms. The molecule has 1 aliphatic heterocycles. The fourth-order valence-electron chi connectivity index (χ4n) is 3.92. The topological polar surface area (TPSA) is 53.7 Å². The molecule has 1 unspecified atom stereocenters. The van der Waals surface area contributed by atoms with Crippen molar-refractivity contribution in [1.29, 1.82) is 0 Å². The van der Waals surface area contributed by atoms with Gasteiger partial charge >= 0.3 is 0 Å². The number of hydrogen-bond donors (Lipinski definition) is 0. The van der Waals surface area contributed by atoms with Crippen molar-refractivity contribution in [2.45, 2.75) is 6.04 Å². The summed E-state index contributed by atoms with van der Waals surface area (Å²) in [6.07, 6.45) is 2.73. The first-order valence-electron chi connectivity index (χ1n) is 9.74. The Hall–Kier alpha value is -3.50. The van der Waals surface area contributed by atoms with Crippen LogP contribution in [0.3, 0.4) is 0 Å². The first-order chi connectivity index (χ1) is 15.0. The second-order valence-corrected chi connectivity index (χ2v) is 7.61. The molecule has 1 fully saturated rings. The Kier molecular flexibility index (Phi) is 5.83. The van der Waals surface area contributed by atoms with Gasteiger partial charge in [-0.3, -0.25) is 4.79 Å². The molecule has 0 bridgehead atoms. The lowest BCUT2D eigenvalue weighted by molar-refractivity contribution is -0.128. The predicted molar refractivity (Wildman–Crippen MR) is 119 cm³/mol. The Balaban J connectivity index is 1.73. The van der Waals surface area contributed by atoms with Gasteiger partial charge in [0.05, 0.1) is 5.52 Å². The Morgan fingerprint density at radius 2 is 2.10 bits per heavy atom. The smallest absolute Gasteiger partial charge is 0.246 e. The summed E-state index contributed by atoms with van der Waals surface area (Å²) in [5.41, 5.74) is 1.60. The van der Waals surface area contributed by atoms with Gasteiger partial charge in [0.15, 0.2) is 0 Å². The molecular weight excluding hydrogens is 417 g/mol. The van der Waals surface area contributed by atoms with Gasteiger partial charge in [0, 0.05) is 41.2 Å². The first kappa shape index (κ1) is 20.8. The van der Waals surface area contributed by atoms with Gasteiger partial charge in [-0.05, 0) is 24.3 Å². The average Bonchev–Trinajstić information content (AvgIpc) is 2.78. The van der Waals surface area contributed by atoms with E-state index in [9.17, 15) is 9.18 Å². The summed E-state index contributed by atoms with van der Waals surface area (Å²) in [7, 11) is 0. The van der Waals surface area contributed by atoms with E-state index in [0.717, 1.165) is 5.39 Å². The number of carbonyl (C=O) groups is 1. The lowest BCUT2D eigenvalue weighted by Gasteiger charge is -2.39. The van der Waals surface area contributed by atoms with E-state index >= 15 is 0 Å². The lowest BCUT2D eigenvalue weighted by atomic mass is 10.0. The Bertz CT molecular complexity index is 1210. The fraction of sp³-hybridized carbons (Fsp3) is 0.217. The second kappa shape index (κ2) is 8.70. The molecule has 0 N–H and O–H groups in total. The maximum absolute atomic E-state index is 14.3. The van der Waals surface area contributed by atoms with Crippen molar-refractivity contribution in [1.82, 2.24) is 14.9 Å². The van der Waals surface area contributed by atoms with E-state index in [1.807, 2.05) is 4.90 Å². The fourth-order valence-corrected chi connectivity index (χ4v) is 4.18. The van der Waals surface area contributed by atoms with Crippen LogP contribution in [0.25, 0.3) is 26.9 Å². The van der Waals surface area contributed by atoms with Crippen LogP contribution in [0.2, 0.25) is 5.02 Å². The quantitative estimate of drug-likeness (QED) is 0.455. The van der Waals surface area contributed by atoms with Gasteiger partial charge in [0.2, 0.25) is 12.5 Å². The van der Waals surface area contributed by atoms with Crippen LogP contribution in [0.15, 0.2) is 55.4 Å². The number of fused-ring (bicyclic) bond motifs is 1. The molecule has 3 aromatic rings. The van der Waals surface area contributed by atoms with E-state index in [-0.39, 0.29) is 24.3 Å². The zero-order chi connectivity index (χ0) is 22.0. The summed E-state index contributed by atoms with van der Waals surface area (Å²) in [5.74, 6) is 0.133. The molecule has 156 valence electrons. The zero-order valence-corrected chi connectivity index (χ0v) is 17.4. The van der Waals surface area contributed by atoms with Gasteiger partial charge in [-0.1, -0.05) is 36.4 Å². The van der Waals surface area contributed by atoms with E-state index < -0.39 is 0 Å². The highest BCUT2D eigenvalue weighted by molar-refractivity contribution is 6.34. The third kappa shape index (κ3) is 3.94. The van der Waals surface area contributed by atoms with Crippen LogP contribution in [-0.4, -0.2) is 53.0 Å². The minimum atomic E-state index is -0.358. The predicted octanol–water partition coefficient (Wildman–Crippen LogP) is 4.21. The monoisotopic (exact) mass is 435 g/mol. The zero-order valence-electron chi connectivity index (χ0n) is 16.6. The molecule has 1 amide bonds. The molecule has 0 saturated carbocycles. The van der Waals surface area contributed by atoms with Crippen molar-refractivity contribution >= 4 is 34.2 Å². The molecule has 31 heavy (non-hydrogen) atoms. The van der Waals surface area contributed by atoms with Crippen LogP contribution < -0.4 is 4.90 Å². The highest BCUT2D eigenvalue weighted by Crippen LogP contribution is 2.36. The van der Waals surface area contributed by atoms with Gasteiger partial charge in [-0.2, -0.15) is 0 Å². The number of carbonyl (C=O) groups excluding carboxylic acids is 1. The number of aromatic nitrogens is 2. The SMILES string of the molecule is [C-]#[N+]CC1CN(c2ncnc3cc(-c4ccccc4F)c(Cl)cc23)CCN1C(=O)C=C. The number of hydrogen-bond acceptors (Lipinski definition) is 4. The molecule has 1 aromatic heterocycles. The van der Waals surface area contributed by atoms with Crippen molar-refractivity contribution in [2.75, 3.05) is 31.1 Å². The van der Waals surface area contributed by atoms with Gasteiger partial charge in [0.1, 0.15) is 24.0 Å². The van der Waals surface area contributed by atoms with Crippen molar-refractivity contribution in [2.24, 2.45) is 0 Å². The van der Waals surface area contributed by atoms with Crippen LogP contribution in [0, 0.1) is 12.4 Å². The van der Waals surface area contributed by atoms with Gasteiger partial charge in [-0.25, -0.2) is 20.9 Å². The van der Waals surface area contributed by atoms with Crippen molar-refractivity contribution in [3.8, 4) is 11.1 Å². The van der Waals surface area contributed by atoms with Crippen molar-refractivity contribution in [3.05, 3.63) is 77.6 Å². The molecule has 6 nitrogen and oxygen atoms in total. The minimum absolute atomic E-state index is 0.182. The molecular formula is C23H19ClFN5O. The molecule has 4 rings (SSSR count). The van der Waals surface area contributed by atoms with Crippen LogP contribution >= 0.6 is 11.6 Å². The number of amides is 1.